The summed E-state index contributed by atoms with van der Waals surface area (Å²) in [5.74, 6) is 0.322. The lowest BCUT2D eigenvalue weighted by Crippen LogP contribution is -2.06. The van der Waals surface area contributed by atoms with Gasteiger partial charge in [-0.1, -0.05) is 0 Å². The molecule has 0 N–H and O–H groups in total. The molecule has 0 unspecified atom stereocenters. The molecule has 0 fully saturated rings. The van der Waals surface area contributed by atoms with Gasteiger partial charge in [-0.05, 0) is 44.2 Å². The Bertz CT molecular complexity index is 626. The number of carbonyl (C=O) groups is 1. The molecule has 0 spiro atoms. The molecule has 0 atom stereocenters. The first-order valence-corrected chi connectivity index (χ1v) is 6.71. The van der Waals surface area contributed by atoms with Crippen LogP contribution in [0.4, 0.5) is 4.39 Å². The predicted octanol–water partition coefficient (Wildman–Crippen LogP) is 3.25. The molecule has 2 rings (SSSR count). The number of pyridine rings is 1. The van der Waals surface area contributed by atoms with E-state index in [1.165, 1.54) is 12.1 Å². The summed E-state index contributed by atoms with van der Waals surface area (Å²) in [5.41, 5.74) is 0.601. The molecule has 2 aromatic rings. The molecule has 0 aliphatic rings. The molecular formula is C16H16FNO3. The van der Waals surface area contributed by atoms with E-state index >= 15 is 0 Å². The van der Waals surface area contributed by atoms with Crippen molar-refractivity contribution in [3.63, 3.8) is 0 Å². The third-order valence-corrected chi connectivity index (χ3v) is 2.77. The first-order chi connectivity index (χ1) is 10.2. The van der Waals surface area contributed by atoms with Crippen molar-refractivity contribution in [1.29, 1.82) is 0 Å². The second-order valence-electron chi connectivity index (χ2n) is 4.22. The Hall–Kier alpha value is -2.43. The standard InChI is InChI=1S/C16H16FNO3/c1-3-20-14-8-5-11(9-15(14)21-4-2)16(19)13-7-6-12(17)10-18-13/h5-10H,3-4H2,1-2H3. The molecule has 5 heteroatoms. The Morgan fingerprint density at radius 1 is 1.10 bits per heavy atom. The second kappa shape index (κ2) is 6.83. The van der Waals surface area contributed by atoms with Gasteiger partial charge in [0, 0.05) is 5.56 Å². The highest BCUT2D eigenvalue weighted by atomic mass is 19.1. The third kappa shape index (κ3) is 3.56. The zero-order valence-corrected chi connectivity index (χ0v) is 11.9. The van der Waals surface area contributed by atoms with Gasteiger partial charge >= 0.3 is 0 Å². The van der Waals surface area contributed by atoms with Crippen LogP contribution in [-0.2, 0) is 0 Å². The number of halogens is 1. The van der Waals surface area contributed by atoms with E-state index in [-0.39, 0.29) is 11.5 Å². The summed E-state index contributed by atoms with van der Waals surface area (Å²) in [6.07, 6.45) is 1.02. The highest BCUT2D eigenvalue weighted by Crippen LogP contribution is 2.29. The van der Waals surface area contributed by atoms with Crippen LogP contribution in [0.5, 0.6) is 11.5 Å². The molecule has 0 amide bonds. The lowest BCUT2D eigenvalue weighted by molar-refractivity contribution is 0.103. The zero-order valence-electron chi connectivity index (χ0n) is 11.9. The number of ketones is 1. The third-order valence-electron chi connectivity index (χ3n) is 2.77. The van der Waals surface area contributed by atoms with Crippen molar-refractivity contribution in [1.82, 2.24) is 4.98 Å². The summed E-state index contributed by atoms with van der Waals surface area (Å²) in [6.45, 7) is 4.70. The normalized spacial score (nSPS) is 10.2. The number of rotatable bonds is 6. The number of nitrogens with zero attached hydrogens (tertiary/aromatic N) is 1. The zero-order chi connectivity index (χ0) is 15.2. The fourth-order valence-electron chi connectivity index (χ4n) is 1.85. The van der Waals surface area contributed by atoms with Crippen molar-refractivity contribution >= 4 is 5.78 Å². The molecule has 0 aliphatic heterocycles. The molecule has 0 bridgehead atoms. The Balaban J connectivity index is 2.32. The van der Waals surface area contributed by atoms with Crippen LogP contribution in [0.25, 0.3) is 0 Å². The minimum atomic E-state index is -0.478. The minimum absolute atomic E-state index is 0.183. The van der Waals surface area contributed by atoms with Gasteiger partial charge in [0.15, 0.2) is 11.5 Å². The fraction of sp³-hybridized carbons (Fsp3) is 0.250. The average molecular weight is 289 g/mol. The van der Waals surface area contributed by atoms with Crippen LogP contribution >= 0.6 is 0 Å². The van der Waals surface area contributed by atoms with Crippen LogP contribution in [0.1, 0.15) is 29.9 Å². The van der Waals surface area contributed by atoms with Gasteiger partial charge in [-0.2, -0.15) is 0 Å². The average Bonchev–Trinajstić information content (AvgIpc) is 2.49. The molecular weight excluding hydrogens is 273 g/mol. The lowest BCUT2D eigenvalue weighted by Gasteiger charge is -2.11. The maximum Gasteiger partial charge on any atom is 0.211 e. The molecule has 1 heterocycles. The van der Waals surface area contributed by atoms with E-state index in [1.54, 1.807) is 18.2 Å². The maximum atomic E-state index is 12.8. The molecule has 1 aromatic heterocycles. The molecule has 1 aromatic carbocycles. The number of hydrogen-bond acceptors (Lipinski definition) is 4. The summed E-state index contributed by atoms with van der Waals surface area (Å²) in [7, 11) is 0. The van der Waals surface area contributed by atoms with Gasteiger partial charge in [0.1, 0.15) is 11.5 Å². The number of carbonyl (C=O) groups excluding carboxylic acids is 1. The van der Waals surface area contributed by atoms with E-state index in [4.69, 9.17) is 9.47 Å². The molecule has 0 saturated heterocycles. The van der Waals surface area contributed by atoms with Crippen LogP contribution < -0.4 is 9.47 Å². The van der Waals surface area contributed by atoms with Gasteiger partial charge in [-0.3, -0.25) is 4.79 Å². The van der Waals surface area contributed by atoms with Crippen molar-refractivity contribution in [2.75, 3.05) is 13.2 Å². The van der Waals surface area contributed by atoms with Crippen LogP contribution in [-0.4, -0.2) is 24.0 Å². The van der Waals surface area contributed by atoms with Crippen molar-refractivity contribution in [2.45, 2.75) is 13.8 Å². The van der Waals surface area contributed by atoms with Crippen LogP contribution in [0.2, 0.25) is 0 Å². The van der Waals surface area contributed by atoms with Crippen molar-refractivity contribution in [2.24, 2.45) is 0 Å². The molecule has 0 radical (unpaired) electrons. The topological polar surface area (TPSA) is 48.4 Å². The maximum absolute atomic E-state index is 12.8. The molecule has 21 heavy (non-hydrogen) atoms. The van der Waals surface area contributed by atoms with Crippen LogP contribution in [0.15, 0.2) is 36.5 Å². The smallest absolute Gasteiger partial charge is 0.211 e. The van der Waals surface area contributed by atoms with E-state index in [0.29, 0.717) is 30.3 Å². The Morgan fingerprint density at radius 2 is 1.81 bits per heavy atom. The second-order valence-corrected chi connectivity index (χ2v) is 4.22. The van der Waals surface area contributed by atoms with E-state index in [0.717, 1.165) is 6.20 Å². The van der Waals surface area contributed by atoms with Gasteiger partial charge in [0.25, 0.3) is 0 Å². The van der Waals surface area contributed by atoms with Crippen LogP contribution in [0.3, 0.4) is 0 Å². The number of ether oxygens (including phenoxy) is 2. The summed E-state index contributed by atoms with van der Waals surface area (Å²) in [6, 6.07) is 7.50. The first-order valence-electron chi connectivity index (χ1n) is 6.71. The van der Waals surface area contributed by atoms with Gasteiger partial charge in [0.2, 0.25) is 5.78 Å². The first kappa shape index (κ1) is 15.0. The van der Waals surface area contributed by atoms with Gasteiger partial charge in [-0.15, -0.1) is 0 Å². The minimum Gasteiger partial charge on any atom is -0.490 e. The van der Waals surface area contributed by atoms with E-state index < -0.39 is 5.82 Å². The molecule has 0 aliphatic carbocycles. The number of hydrogen-bond donors (Lipinski definition) is 0. The van der Waals surface area contributed by atoms with E-state index in [2.05, 4.69) is 4.98 Å². The van der Waals surface area contributed by atoms with Gasteiger partial charge < -0.3 is 9.47 Å². The Labute approximate surface area is 122 Å². The summed E-state index contributed by atoms with van der Waals surface area (Å²) in [4.78, 5) is 16.1. The van der Waals surface area contributed by atoms with Crippen molar-refractivity contribution < 1.29 is 18.7 Å². The predicted molar refractivity (Wildman–Crippen MR) is 76.4 cm³/mol. The summed E-state index contributed by atoms with van der Waals surface area (Å²) >= 11 is 0. The van der Waals surface area contributed by atoms with Crippen molar-refractivity contribution in [3.8, 4) is 11.5 Å². The number of aromatic nitrogens is 1. The fourth-order valence-corrected chi connectivity index (χ4v) is 1.85. The lowest BCUT2D eigenvalue weighted by atomic mass is 10.1. The summed E-state index contributed by atoms with van der Waals surface area (Å²) < 4.78 is 23.8. The van der Waals surface area contributed by atoms with Gasteiger partial charge in [-0.25, -0.2) is 9.37 Å². The highest BCUT2D eigenvalue weighted by molar-refractivity contribution is 6.08. The largest absolute Gasteiger partial charge is 0.490 e. The monoisotopic (exact) mass is 289 g/mol. The molecule has 4 nitrogen and oxygen atoms in total. The SMILES string of the molecule is CCOc1ccc(C(=O)c2ccc(F)cn2)cc1OCC. The Kier molecular flexibility index (Phi) is 4.87. The Morgan fingerprint density at radius 3 is 2.43 bits per heavy atom. The van der Waals surface area contributed by atoms with E-state index in [9.17, 15) is 9.18 Å². The van der Waals surface area contributed by atoms with Crippen molar-refractivity contribution in [3.05, 3.63) is 53.6 Å². The summed E-state index contributed by atoms with van der Waals surface area (Å²) in [5, 5.41) is 0. The van der Waals surface area contributed by atoms with E-state index in [1.807, 2.05) is 13.8 Å². The number of benzene rings is 1. The quantitative estimate of drug-likeness (QED) is 0.766. The van der Waals surface area contributed by atoms with Gasteiger partial charge in [0.05, 0.1) is 19.4 Å². The molecule has 0 saturated carbocycles. The molecule has 110 valence electrons. The van der Waals surface area contributed by atoms with Crippen LogP contribution in [0, 0.1) is 5.82 Å². The highest BCUT2D eigenvalue weighted by Gasteiger charge is 2.14.